The van der Waals surface area contributed by atoms with Crippen LogP contribution in [-0.4, -0.2) is 13.7 Å². The summed E-state index contributed by atoms with van der Waals surface area (Å²) in [7, 11) is 0. The van der Waals surface area contributed by atoms with E-state index in [1.54, 1.807) is 0 Å². The van der Waals surface area contributed by atoms with Gasteiger partial charge in [0.1, 0.15) is 0 Å². The molecule has 3 aromatic heterocycles. The van der Waals surface area contributed by atoms with Gasteiger partial charge in [-0.05, 0) is 95.1 Å². The molecule has 12 aromatic rings. The average Bonchev–Trinajstić information content (AvgIpc) is 3.93. The van der Waals surface area contributed by atoms with Gasteiger partial charge in [-0.3, -0.25) is 0 Å². The second kappa shape index (κ2) is 12.5. The van der Waals surface area contributed by atoms with Crippen molar-refractivity contribution in [3.05, 3.63) is 212 Å². The van der Waals surface area contributed by atoms with Gasteiger partial charge in [-0.15, -0.1) is 0 Å². The first kappa shape index (κ1) is 31.7. The van der Waals surface area contributed by atoms with Crippen LogP contribution in [0.4, 0.5) is 0 Å². The molecule has 3 heterocycles. The highest BCUT2D eigenvalue weighted by Gasteiger charge is 2.21. The molecule has 0 aliphatic rings. The molecule has 0 saturated heterocycles. The Bertz CT molecular complexity index is 3490. The lowest BCUT2D eigenvalue weighted by molar-refractivity contribution is 1.17. The maximum absolute atomic E-state index is 2.44. The number of aromatic nitrogens is 3. The number of rotatable bonds is 5. The zero-order valence-electron chi connectivity index (χ0n) is 31.0. The molecule has 0 amide bonds. The summed E-state index contributed by atoms with van der Waals surface area (Å²) in [5.41, 5.74) is 15.5. The molecular formula is C54H35N3. The average molecular weight is 726 g/mol. The second-order valence-electron chi connectivity index (χ2n) is 14.9. The molecule has 0 unspecified atom stereocenters. The lowest BCUT2D eigenvalue weighted by Gasteiger charge is -2.11. The van der Waals surface area contributed by atoms with Gasteiger partial charge < -0.3 is 13.7 Å². The van der Waals surface area contributed by atoms with Crippen LogP contribution >= 0.6 is 0 Å². The number of hydrogen-bond acceptors (Lipinski definition) is 0. The molecule has 0 saturated carbocycles. The van der Waals surface area contributed by atoms with E-state index < -0.39 is 0 Å². The van der Waals surface area contributed by atoms with Crippen LogP contribution in [0, 0.1) is 0 Å². The summed E-state index contributed by atoms with van der Waals surface area (Å²) < 4.78 is 7.28. The van der Waals surface area contributed by atoms with E-state index in [2.05, 4.69) is 226 Å². The monoisotopic (exact) mass is 725 g/mol. The summed E-state index contributed by atoms with van der Waals surface area (Å²) in [6, 6.07) is 77.3. The van der Waals surface area contributed by atoms with Crippen molar-refractivity contribution in [2.45, 2.75) is 0 Å². The smallest absolute Gasteiger partial charge is 0.0641 e. The number of benzene rings is 9. The van der Waals surface area contributed by atoms with Gasteiger partial charge >= 0.3 is 0 Å². The maximum Gasteiger partial charge on any atom is 0.0641 e. The first-order valence-corrected chi connectivity index (χ1v) is 19.6. The van der Waals surface area contributed by atoms with Crippen molar-refractivity contribution in [3.63, 3.8) is 0 Å². The van der Waals surface area contributed by atoms with E-state index in [4.69, 9.17) is 0 Å². The SMILES string of the molecule is c1ccc(-c2cccc(-n3c4ccccc4c4cc(-c5ccc(-n6c7ccccc7c7c6ccc6c8ccccc8n(-c8ccccc8)c67)cc5)ccc43)c2)cc1. The van der Waals surface area contributed by atoms with Crippen LogP contribution in [0.3, 0.4) is 0 Å². The largest absolute Gasteiger partial charge is 0.309 e. The summed E-state index contributed by atoms with van der Waals surface area (Å²) in [6.07, 6.45) is 0. The quantitative estimate of drug-likeness (QED) is 0.168. The lowest BCUT2D eigenvalue weighted by atomic mass is 10.0. The molecule has 57 heavy (non-hydrogen) atoms. The highest BCUT2D eigenvalue weighted by molar-refractivity contribution is 6.26. The van der Waals surface area contributed by atoms with Gasteiger partial charge in [0.2, 0.25) is 0 Å². The van der Waals surface area contributed by atoms with E-state index in [-0.39, 0.29) is 0 Å². The van der Waals surface area contributed by atoms with E-state index in [1.807, 2.05) is 0 Å². The van der Waals surface area contributed by atoms with Crippen LogP contribution in [0.25, 0.3) is 105 Å². The lowest BCUT2D eigenvalue weighted by Crippen LogP contribution is -1.95. The van der Waals surface area contributed by atoms with Crippen LogP contribution < -0.4 is 0 Å². The van der Waals surface area contributed by atoms with Gasteiger partial charge in [0.25, 0.3) is 0 Å². The van der Waals surface area contributed by atoms with Crippen molar-refractivity contribution < 1.29 is 0 Å². The minimum atomic E-state index is 1.14. The second-order valence-corrected chi connectivity index (χ2v) is 14.9. The molecule has 0 radical (unpaired) electrons. The Morgan fingerprint density at radius 1 is 0.228 bits per heavy atom. The molecule has 12 rings (SSSR count). The molecule has 3 heteroatoms. The van der Waals surface area contributed by atoms with Crippen molar-refractivity contribution >= 4 is 65.4 Å². The van der Waals surface area contributed by atoms with Crippen LogP contribution in [-0.2, 0) is 0 Å². The minimum Gasteiger partial charge on any atom is -0.309 e. The number of para-hydroxylation sites is 4. The molecular weight excluding hydrogens is 691 g/mol. The van der Waals surface area contributed by atoms with E-state index in [1.165, 1.54) is 87.7 Å². The predicted molar refractivity (Wildman–Crippen MR) is 240 cm³/mol. The minimum absolute atomic E-state index is 1.14. The highest BCUT2D eigenvalue weighted by Crippen LogP contribution is 2.42. The summed E-state index contributed by atoms with van der Waals surface area (Å²) in [4.78, 5) is 0. The first-order chi connectivity index (χ1) is 28.3. The van der Waals surface area contributed by atoms with Gasteiger partial charge in [-0.1, -0.05) is 140 Å². The molecule has 3 nitrogen and oxygen atoms in total. The highest BCUT2D eigenvalue weighted by atomic mass is 15.0. The maximum atomic E-state index is 2.44. The molecule has 0 spiro atoms. The van der Waals surface area contributed by atoms with Crippen molar-refractivity contribution in [1.29, 1.82) is 0 Å². The van der Waals surface area contributed by atoms with Crippen molar-refractivity contribution in [1.82, 2.24) is 13.7 Å². The Morgan fingerprint density at radius 3 is 1.46 bits per heavy atom. The van der Waals surface area contributed by atoms with E-state index in [9.17, 15) is 0 Å². The topological polar surface area (TPSA) is 14.8 Å². The van der Waals surface area contributed by atoms with Gasteiger partial charge in [-0.2, -0.15) is 0 Å². The number of hydrogen-bond donors (Lipinski definition) is 0. The third kappa shape index (κ3) is 4.79. The molecule has 0 atom stereocenters. The van der Waals surface area contributed by atoms with Crippen LogP contribution in [0.1, 0.15) is 0 Å². The summed E-state index contributed by atoms with van der Waals surface area (Å²) in [5.74, 6) is 0. The van der Waals surface area contributed by atoms with E-state index in [0.29, 0.717) is 0 Å². The summed E-state index contributed by atoms with van der Waals surface area (Å²) in [6.45, 7) is 0. The Labute approximate surface area is 329 Å². The standard InChI is InChI=1S/C54H35N3/c1-3-14-36(15-4-1)38-16-13-19-42(34-38)56-48-23-10-8-21-44(48)47-35-39(28-32-51(47)56)37-26-29-41(30-27-37)55-50-25-12-9-22-46(50)53-52(55)33-31-45-43-20-7-11-24-49(43)57(54(45)53)40-17-5-2-6-18-40/h1-35H. The zero-order chi connectivity index (χ0) is 37.5. The fraction of sp³-hybridized carbons (Fsp3) is 0. The molecule has 0 aliphatic carbocycles. The third-order valence-corrected chi connectivity index (χ3v) is 11.8. The normalized spacial score (nSPS) is 11.9. The molecule has 0 N–H and O–H groups in total. The molecule has 0 fully saturated rings. The predicted octanol–water partition coefficient (Wildman–Crippen LogP) is 14.3. The Hall–Kier alpha value is -7.62. The van der Waals surface area contributed by atoms with E-state index >= 15 is 0 Å². The fourth-order valence-corrected chi connectivity index (χ4v) is 9.32. The van der Waals surface area contributed by atoms with Gasteiger partial charge in [0, 0.05) is 49.4 Å². The fourth-order valence-electron chi connectivity index (χ4n) is 9.32. The summed E-state index contributed by atoms with van der Waals surface area (Å²) >= 11 is 0. The van der Waals surface area contributed by atoms with E-state index in [0.717, 1.165) is 17.1 Å². The molecule has 266 valence electrons. The number of fused-ring (bicyclic) bond motifs is 10. The Kier molecular flexibility index (Phi) is 6.93. The molecule has 0 aliphatic heterocycles. The molecule has 0 bridgehead atoms. The van der Waals surface area contributed by atoms with Gasteiger partial charge in [0.05, 0.1) is 33.1 Å². The van der Waals surface area contributed by atoms with Crippen LogP contribution in [0.15, 0.2) is 212 Å². The third-order valence-electron chi connectivity index (χ3n) is 11.8. The Balaban J connectivity index is 1.00. The van der Waals surface area contributed by atoms with Crippen LogP contribution in [0.5, 0.6) is 0 Å². The first-order valence-electron chi connectivity index (χ1n) is 19.6. The van der Waals surface area contributed by atoms with Gasteiger partial charge in [0.15, 0.2) is 0 Å². The molecule has 9 aromatic carbocycles. The van der Waals surface area contributed by atoms with Crippen molar-refractivity contribution in [2.24, 2.45) is 0 Å². The van der Waals surface area contributed by atoms with Crippen molar-refractivity contribution in [3.8, 4) is 39.3 Å². The van der Waals surface area contributed by atoms with Crippen LogP contribution in [0.2, 0.25) is 0 Å². The zero-order valence-corrected chi connectivity index (χ0v) is 31.0. The Morgan fingerprint density at radius 2 is 0.702 bits per heavy atom. The summed E-state index contributed by atoms with van der Waals surface area (Å²) in [5, 5.41) is 7.54. The number of nitrogens with zero attached hydrogens (tertiary/aromatic N) is 3. The van der Waals surface area contributed by atoms with Gasteiger partial charge in [-0.25, -0.2) is 0 Å². The van der Waals surface area contributed by atoms with Crippen molar-refractivity contribution in [2.75, 3.05) is 0 Å².